The zero-order valence-electron chi connectivity index (χ0n) is 14.1. The molecule has 0 atom stereocenters. The highest BCUT2D eigenvalue weighted by Gasteiger charge is 2.41. The Morgan fingerprint density at radius 2 is 1.35 bits per heavy atom. The molecule has 126 valence electrons. The highest BCUT2D eigenvalue weighted by atomic mass is 16.3. The molecule has 23 heavy (non-hydrogen) atoms. The highest BCUT2D eigenvalue weighted by Crippen LogP contribution is 2.39. The quantitative estimate of drug-likeness (QED) is 0.593. The minimum absolute atomic E-state index is 0.0685. The summed E-state index contributed by atoms with van der Waals surface area (Å²) in [5.41, 5.74) is 0.271. The van der Waals surface area contributed by atoms with E-state index >= 15 is 0 Å². The Morgan fingerprint density at radius 1 is 0.913 bits per heavy atom. The predicted octanol–water partition coefficient (Wildman–Crippen LogP) is 3.69. The second-order valence-electron chi connectivity index (χ2n) is 6.44. The van der Waals surface area contributed by atoms with E-state index in [4.69, 9.17) is 0 Å². The lowest BCUT2D eigenvalue weighted by Crippen LogP contribution is -2.41. The van der Waals surface area contributed by atoms with Crippen LogP contribution in [-0.4, -0.2) is 33.5 Å². The summed E-state index contributed by atoms with van der Waals surface area (Å²) >= 11 is 0. The van der Waals surface area contributed by atoms with Crippen molar-refractivity contribution in [1.82, 2.24) is 4.90 Å². The first-order valence-corrected chi connectivity index (χ1v) is 8.31. The van der Waals surface area contributed by atoms with E-state index in [1.165, 1.54) is 17.0 Å². The monoisotopic (exact) mass is 319 g/mol. The second kappa shape index (κ2) is 6.60. The van der Waals surface area contributed by atoms with Crippen molar-refractivity contribution in [3.05, 3.63) is 23.3 Å². The molecule has 1 aliphatic heterocycles. The summed E-state index contributed by atoms with van der Waals surface area (Å²) in [5.74, 6) is -1.53. The molecular formula is C18H25NO4. The molecule has 0 aromatic heterocycles. The molecule has 1 aromatic carbocycles. The van der Waals surface area contributed by atoms with Gasteiger partial charge in [0.15, 0.2) is 11.5 Å². The SMILES string of the molecule is CCCC(CC)(CCC)CN1C(=O)c2cc(O)c(O)cc2C1=O. The third-order valence-corrected chi connectivity index (χ3v) is 4.87. The van der Waals surface area contributed by atoms with E-state index in [1.54, 1.807) is 0 Å². The van der Waals surface area contributed by atoms with Crippen molar-refractivity contribution in [3.8, 4) is 11.5 Å². The minimum atomic E-state index is -0.384. The summed E-state index contributed by atoms with van der Waals surface area (Å²) in [5, 5.41) is 19.2. The normalized spacial score (nSPS) is 14.5. The Bertz CT molecular complexity index is 577. The van der Waals surface area contributed by atoms with E-state index < -0.39 is 0 Å². The first-order valence-electron chi connectivity index (χ1n) is 8.31. The predicted molar refractivity (Wildman–Crippen MR) is 87.7 cm³/mol. The van der Waals surface area contributed by atoms with E-state index in [1.807, 2.05) is 0 Å². The van der Waals surface area contributed by atoms with E-state index in [-0.39, 0.29) is 39.9 Å². The van der Waals surface area contributed by atoms with E-state index in [0.717, 1.165) is 32.1 Å². The summed E-state index contributed by atoms with van der Waals surface area (Å²) in [7, 11) is 0. The molecule has 1 aliphatic rings. The summed E-state index contributed by atoms with van der Waals surface area (Å²) in [6.07, 6.45) is 4.82. The molecule has 0 bridgehead atoms. The molecule has 5 heteroatoms. The third-order valence-electron chi connectivity index (χ3n) is 4.87. The van der Waals surface area contributed by atoms with Gasteiger partial charge in [-0.05, 0) is 36.8 Å². The Hall–Kier alpha value is -2.04. The molecule has 0 fully saturated rings. The zero-order chi connectivity index (χ0) is 17.2. The van der Waals surface area contributed by atoms with Crippen molar-refractivity contribution in [2.75, 3.05) is 6.54 Å². The second-order valence-corrected chi connectivity index (χ2v) is 6.44. The highest BCUT2D eigenvalue weighted by molar-refractivity contribution is 6.21. The van der Waals surface area contributed by atoms with Crippen LogP contribution in [-0.2, 0) is 0 Å². The van der Waals surface area contributed by atoms with Crippen LogP contribution in [0.25, 0.3) is 0 Å². The Kier molecular flexibility index (Phi) is 4.97. The molecule has 2 N–H and O–H groups in total. The number of aromatic hydroxyl groups is 2. The van der Waals surface area contributed by atoms with Crippen LogP contribution in [0.4, 0.5) is 0 Å². The largest absolute Gasteiger partial charge is 0.504 e. The van der Waals surface area contributed by atoms with Gasteiger partial charge in [0.2, 0.25) is 0 Å². The van der Waals surface area contributed by atoms with Gasteiger partial charge in [0.05, 0.1) is 11.1 Å². The van der Waals surface area contributed by atoms with E-state index in [0.29, 0.717) is 6.54 Å². The van der Waals surface area contributed by atoms with Crippen LogP contribution >= 0.6 is 0 Å². The molecule has 0 aliphatic carbocycles. The Balaban J connectivity index is 2.34. The topological polar surface area (TPSA) is 77.8 Å². The number of hydrogen-bond acceptors (Lipinski definition) is 4. The smallest absolute Gasteiger partial charge is 0.261 e. The number of amides is 2. The van der Waals surface area contributed by atoms with Crippen LogP contribution in [0.15, 0.2) is 12.1 Å². The first-order chi connectivity index (χ1) is 10.9. The molecule has 2 amide bonds. The fraction of sp³-hybridized carbons (Fsp3) is 0.556. The third kappa shape index (κ3) is 3.05. The number of benzene rings is 1. The Labute approximate surface area is 136 Å². The van der Waals surface area contributed by atoms with Gasteiger partial charge in [0, 0.05) is 6.54 Å². The minimum Gasteiger partial charge on any atom is -0.504 e. The van der Waals surface area contributed by atoms with Gasteiger partial charge in [-0.2, -0.15) is 0 Å². The average Bonchev–Trinajstić information content (AvgIpc) is 2.73. The summed E-state index contributed by atoms with van der Waals surface area (Å²) in [6.45, 7) is 6.71. The molecule has 2 rings (SSSR count). The molecule has 5 nitrogen and oxygen atoms in total. The van der Waals surface area contributed by atoms with Crippen LogP contribution < -0.4 is 0 Å². The van der Waals surface area contributed by atoms with E-state index in [9.17, 15) is 19.8 Å². The molecule has 1 aromatic rings. The van der Waals surface area contributed by atoms with Crippen LogP contribution in [0, 0.1) is 5.41 Å². The lowest BCUT2D eigenvalue weighted by Gasteiger charge is -2.35. The number of rotatable bonds is 7. The fourth-order valence-corrected chi connectivity index (χ4v) is 3.60. The number of phenolic OH excluding ortho intramolecular Hbond substituents is 2. The van der Waals surface area contributed by atoms with Crippen LogP contribution in [0.5, 0.6) is 11.5 Å². The van der Waals surface area contributed by atoms with Gasteiger partial charge in [-0.25, -0.2) is 0 Å². The van der Waals surface area contributed by atoms with Crippen LogP contribution in [0.3, 0.4) is 0 Å². The van der Waals surface area contributed by atoms with Gasteiger partial charge in [-0.15, -0.1) is 0 Å². The molecule has 0 spiro atoms. The van der Waals surface area contributed by atoms with Crippen molar-refractivity contribution in [2.24, 2.45) is 5.41 Å². The molecule has 0 unspecified atom stereocenters. The number of fused-ring (bicyclic) bond motifs is 1. The molecule has 0 saturated heterocycles. The maximum Gasteiger partial charge on any atom is 0.261 e. The lowest BCUT2D eigenvalue weighted by molar-refractivity contribution is 0.0535. The van der Waals surface area contributed by atoms with Crippen molar-refractivity contribution in [1.29, 1.82) is 0 Å². The molecule has 0 saturated carbocycles. The number of carbonyl (C=O) groups excluding carboxylic acids is 2. The van der Waals surface area contributed by atoms with Gasteiger partial charge in [-0.1, -0.05) is 33.6 Å². The van der Waals surface area contributed by atoms with Gasteiger partial charge in [-0.3, -0.25) is 14.5 Å². The van der Waals surface area contributed by atoms with Gasteiger partial charge >= 0.3 is 0 Å². The molecule has 0 radical (unpaired) electrons. The maximum atomic E-state index is 12.6. The van der Waals surface area contributed by atoms with Crippen molar-refractivity contribution < 1.29 is 19.8 Å². The summed E-state index contributed by atoms with van der Waals surface area (Å²) in [4.78, 5) is 26.4. The Morgan fingerprint density at radius 3 is 1.70 bits per heavy atom. The standard InChI is InChI=1S/C18H25NO4/c1-4-7-18(6-3,8-5-2)11-19-16(22)12-9-14(20)15(21)10-13(12)17(19)23/h9-10,20-21H,4-8,11H2,1-3H3. The van der Waals surface area contributed by atoms with Crippen LogP contribution in [0.1, 0.15) is 73.6 Å². The number of phenols is 2. The van der Waals surface area contributed by atoms with Gasteiger partial charge in [0.1, 0.15) is 0 Å². The van der Waals surface area contributed by atoms with Crippen molar-refractivity contribution in [3.63, 3.8) is 0 Å². The number of nitrogens with zero attached hydrogens (tertiary/aromatic N) is 1. The van der Waals surface area contributed by atoms with Crippen LogP contribution in [0.2, 0.25) is 0 Å². The van der Waals surface area contributed by atoms with Gasteiger partial charge < -0.3 is 10.2 Å². The summed E-state index contributed by atoms with van der Waals surface area (Å²) < 4.78 is 0. The fourth-order valence-electron chi connectivity index (χ4n) is 3.60. The van der Waals surface area contributed by atoms with E-state index in [2.05, 4.69) is 20.8 Å². The molecular weight excluding hydrogens is 294 g/mol. The van der Waals surface area contributed by atoms with Crippen molar-refractivity contribution >= 4 is 11.8 Å². The number of imide groups is 1. The average molecular weight is 319 g/mol. The zero-order valence-corrected chi connectivity index (χ0v) is 14.1. The number of hydrogen-bond donors (Lipinski definition) is 2. The van der Waals surface area contributed by atoms with Gasteiger partial charge in [0.25, 0.3) is 11.8 Å². The summed E-state index contributed by atoms with van der Waals surface area (Å²) in [6, 6.07) is 2.36. The molecule has 1 heterocycles. The number of carbonyl (C=O) groups is 2. The lowest BCUT2D eigenvalue weighted by atomic mass is 9.76. The first kappa shape index (κ1) is 17.3. The maximum absolute atomic E-state index is 12.6. The van der Waals surface area contributed by atoms with Crippen molar-refractivity contribution in [2.45, 2.75) is 52.9 Å².